The maximum absolute atomic E-state index is 12.4. The summed E-state index contributed by atoms with van der Waals surface area (Å²) < 4.78 is 0. The molecule has 7 nitrogen and oxygen atoms in total. The molecule has 4 N–H and O–H groups in total. The lowest BCUT2D eigenvalue weighted by Crippen LogP contribution is -2.32. The van der Waals surface area contributed by atoms with Crippen LogP contribution in [0, 0.1) is 13.8 Å². The number of aromatic hydroxyl groups is 1. The number of benzene rings is 3. The van der Waals surface area contributed by atoms with E-state index < -0.39 is 12.0 Å². The van der Waals surface area contributed by atoms with E-state index in [0.717, 1.165) is 28.7 Å². The molecule has 3 aromatic carbocycles. The third-order valence-corrected chi connectivity index (χ3v) is 6.77. The molecule has 1 aliphatic heterocycles. The molecule has 3 aromatic rings. The number of carbonyl (C=O) groups is 3. The Labute approximate surface area is 208 Å². The Morgan fingerprint density at radius 1 is 1.11 bits per heavy atom. The third-order valence-electron chi connectivity index (χ3n) is 5.56. The molecule has 1 saturated heterocycles. The van der Waals surface area contributed by atoms with Gasteiger partial charge in [-0.1, -0.05) is 42.0 Å². The van der Waals surface area contributed by atoms with Crippen molar-refractivity contribution in [2.24, 2.45) is 5.73 Å². The van der Waals surface area contributed by atoms with Gasteiger partial charge in [-0.05, 0) is 67.3 Å². The fraction of sp³-hybridized carbons (Fsp3) is 0.222. The molecule has 0 aromatic heterocycles. The van der Waals surface area contributed by atoms with Crippen molar-refractivity contribution in [3.05, 3.63) is 94.5 Å². The highest BCUT2D eigenvalue weighted by Gasteiger charge is 2.34. The number of aliphatic carboxylic acids is 1. The van der Waals surface area contributed by atoms with Gasteiger partial charge in [-0.25, -0.2) is 0 Å². The van der Waals surface area contributed by atoms with Gasteiger partial charge in [0.1, 0.15) is 23.5 Å². The number of carboxylic acids is 1. The van der Waals surface area contributed by atoms with Gasteiger partial charge in [-0.3, -0.25) is 19.3 Å². The molecule has 1 heterocycles. The second-order valence-corrected chi connectivity index (χ2v) is 9.39. The zero-order chi connectivity index (χ0) is 25.5. The lowest BCUT2D eigenvalue weighted by atomic mass is 10.1. The molecular formula is C27H28N2O5S. The molecule has 0 radical (unpaired) electrons. The van der Waals surface area contributed by atoms with E-state index in [9.17, 15) is 14.4 Å². The van der Waals surface area contributed by atoms with Crippen LogP contribution in [0.5, 0.6) is 5.75 Å². The number of amides is 1. The van der Waals surface area contributed by atoms with Gasteiger partial charge in [0.05, 0.1) is 5.75 Å². The number of aryl methyl sites for hydroxylation is 2. The molecule has 1 aliphatic rings. The lowest BCUT2D eigenvalue weighted by Gasteiger charge is -2.26. The molecule has 0 saturated carbocycles. The van der Waals surface area contributed by atoms with Crippen LogP contribution in [0.15, 0.2) is 66.7 Å². The van der Waals surface area contributed by atoms with Crippen molar-refractivity contribution in [3.8, 4) is 5.75 Å². The number of phenols is 1. The van der Waals surface area contributed by atoms with Crippen molar-refractivity contribution in [1.29, 1.82) is 0 Å². The summed E-state index contributed by atoms with van der Waals surface area (Å²) in [7, 11) is 0. The van der Waals surface area contributed by atoms with Crippen LogP contribution in [0.25, 0.3) is 0 Å². The number of hydrogen-bond acceptors (Lipinski definition) is 6. The Morgan fingerprint density at radius 2 is 1.77 bits per heavy atom. The minimum Gasteiger partial charge on any atom is -0.508 e. The first-order valence-corrected chi connectivity index (χ1v) is 12.1. The number of carbonyl (C=O) groups excluding carboxylic acids is 2. The van der Waals surface area contributed by atoms with Gasteiger partial charge in [-0.15, -0.1) is 11.8 Å². The van der Waals surface area contributed by atoms with E-state index >= 15 is 0 Å². The number of aldehydes is 1. The predicted octanol–water partition coefficient (Wildman–Crippen LogP) is 4.24. The molecular weight excluding hydrogens is 464 g/mol. The topological polar surface area (TPSA) is 121 Å². The average Bonchev–Trinajstić information content (AvgIpc) is 3.22. The Balaban J connectivity index is 0.000000225. The maximum Gasteiger partial charge on any atom is 0.320 e. The molecule has 4 rings (SSSR count). The van der Waals surface area contributed by atoms with E-state index in [1.807, 2.05) is 24.0 Å². The van der Waals surface area contributed by atoms with E-state index in [-0.39, 0.29) is 23.5 Å². The van der Waals surface area contributed by atoms with Gasteiger partial charge in [0.2, 0.25) is 5.91 Å². The van der Waals surface area contributed by atoms with E-state index in [4.69, 9.17) is 15.9 Å². The van der Waals surface area contributed by atoms with Crippen LogP contribution in [0.4, 0.5) is 5.69 Å². The van der Waals surface area contributed by atoms with E-state index in [0.29, 0.717) is 11.3 Å². The fourth-order valence-electron chi connectivity index (χ4n) is 3.66. The van der Waals surface area contributed by atoms with Crippen LogP contribution < -0.4 is 10.6 Å². The van der Waals surface area contributed by atoms with Crippen molar-refractivity contribution in [2.75, 3.05) is 10.7 Å². The van der Waals surface area contributed by atoms with Crippen molar-refractivity contribution in [1.82, 2.24) is 0 Å². The molecule has 0 aliphatic carbocycles. The summed E-state index contributed by atoms with van der Waals surface area (Å²) in [6.07, 6.45) is 1.10. The highest BCUT2D eigenvalue weighted by Crippen LogP contribution is 2.42. The SMILES string of the molecule is Cc1ccc(C2SCC(=O)N2c2ccc(C=O)cc2C)cc1.NC(Cc1ccc(O)cc1)C(=O)O. The van der Waals surface area contributed by atoms with Crippen LogP contribution in [-0.4, -0.2) is 40.2 Å². The number of anilines is 1. The number of thioether (sulfide) groups is 1. The molecule has 0 spiro atoms. The minimum atomic E-state index is -1.02. The lowest BCUT2D eigenvalue weighted by molar-refractivity contribution is -0.138. The first-order chi connectivity index (χ1) is 16.7. The Hall–Kier alpha value is -3.62. The summed E-state index contributed by atoms with van der Waals surface area (Å²) in [5.74, 6) is -0.272. The van der Waals surface area contributed by atoms with Crippen molar-refractivity contribution in [3.63, 3.8) is 0 Å². The number of nitrogens with two attached hydrogens (primary N) is 1. The standard InChI is InChI=1S/C18H17NO2S.C9H11NO3/c1-12-3-6-15(7-4-12)18-19(17(21)11-22-18)16-8-5-14(10-20)9-13(16)2;10-8(9(12)13)5-6-1-3-7(11)4-2-6/h3-10,18H,11H2,1-2H3;1-4,8,11H,5,10H2,(H,12,13). The van der Waals surface area contributed by atoms with E-state index in [1.54, 1.807) is 30.0 Å². The van der Waals surface area contributed by atoms with Gasteiger partial charge in [0.25, 0.3) is 0 Å². The zero-order valence-electron chi connectivity index (χ0n) is 19.5. The van der Waals surface area contributed by atoms with Gasteiger partial charge >= 0.3 is 5.97 Å². The van der Waals surface area contributed by atoms with Gasteiger partial charge in [-0.2, -0.15) is 0 Å². The number of carboxylic acid groups (broad SMARTS) is 1. The van der Waals surface area contributed by atoms with Crippen LogP contribution in [0.1, 0.15) is 38.0 Å². The summed E-state index contributed by atoms with van der Waals surface area (Å²) >= 11 is 1.64. The molecule has 1 amide bonds. The van der Waals surface area contributed by atoms with E-state index in [2.05, 4.69) is 31.2 Å². The van der Waals surface area contributed by atoms with Gasteiger partial charge in [0.15, 0.2) is 0 Å². The van der Waals surface area contributed by atoms with E-state index in [1.165, 1.54) is 17.7 Å². The summed E-state index contributed by atoms with van der Waals surface area (Å²) in [5.41, 5.74) is 10.9. The summed E-state index contributed by atoms with van der Waals surface area (Å²) in [4.78, 5) is 35.5. The second-order valence-electron chi connectivity index (χ2n) is 8.32. The smallest absolute Gasteiger partial charge is 0.320 e. The first-order valence-electron chi connectivity index (χ1n) is 11.0. The maximum atomic E-state index is 12.4. The van der Waals surface area contributed by atoms with Crippen molar-refractivity contribution < 1.29 is 24.6 Å². The van der Waals surface area contributed by atoms with Crippen LogP contribution in [-0.2, 0) is 16.0 Å². The molecule has 35 heavy (non-hydrogen) atoms. The van der Waals surface area contributed by atoms with Crippen LogP contribution in [0.3, 0.4) is 0 Å². The fourth-order valence-corrected chi connectivity index (χ4v) is 4.83. The Bertz CT molecular complexity index is 1200. The molecule has 8 heteroatoms. The first kappa shape index (κ1) is 26.0. The quantitative estimate of drug-likeness (QED) is 0.440. The molecule has 2 atom stereocenters. The second kappa shape index (κ2) is 11.7. The molecule has 1 fully saturated rings. The molecule has 2 unspecified atom stereocenters. The third kappa shape index (κ3) is 6.71. The number of phenolic OH excluding ortho intramolecular Hbond substituents is 1. The van der Waals surface area contributed by atoms with Crippen molar-refractivity contribution in [2.45, 2.75) is 31.7 Å². The number of nitrogens with zero attached hydrogens (tertiary/aromatic N) is 1. The average molecular weight is 493 g/mol. The monoisotopic (exact) mass is 492 g/mol. The highest BCUT2D eigenvalue weighted by molar-refractivity contribution is 8.00. The van der Waals surface area contributed by atoms with Crippen LogP contribution in [0.2, 0.25) is 0 Å². The zero-order valence-corrected chi connectivity index (χ0v) is 20.4. The summed E-state index contributed by atoms with van der Waals surface area (Å²) in [6.45, 7) is 3.99. The Kier molecular flexibility index (Phi) is 8.68. The predicted molar refractivity (Wildman–Crippen MR) is 138 cm³/mol. The summed E-state index contributed by atoms with van der Waals surface area (Å²) in [6, 6.07) is 19.2. The van der Waals surface area contributed by atoms with Gasteiger partial charge < -0.3 is 15.9 Å². The minimum absolute atomic E-state index is 0.00567. The number of rotatable bonds is 6. The number of hydrogen-bond donors (Lipinski definition) is 3. The van der Waals surface area contributed by atoms with Crippen molar-refractivity contribution >= 4 is 35.6 Å². The normalized spacial score (nSPS) is 15.8. The van der Waals surface area contributed by atoms with Crippen LogP contribution >= 0.6 is 11.8 Å². The largest absolute Gasteiger partial charge is 0.508 e. The Morgan fingerprint density at radius 3 is 2.34 bits per heavy atom. The summed E-state index contributed by atoms with van der Waals surface area (Å²) in [5, 5.41) is 17.5. The van der Waals surface area contributed by atoms with Gasteiger partial charge in [0, 0.05) is 11.3 Å². The molecule has 0 bridgehead atoms. The highest BCUT2D eigenvalue weighted by atomic mass is 32.2. The molecule has 182 valence electrons.